The zero-order valence-electron chi connectivity index (χ0n) is 12.5. The van der Waals surface area contributed by atoms with E-state index in [0.29, 0.717) is 11.5 Å². The highest BCUT2D eigenvalue weighted by atomic mass is 16.5. The van der Waals surface area contributed by atoms with E-state index in [2.05, 4.69) is 15.4 Å². The Bertz CT molecular complexity index is 785. The number of ether oxygens (including phenoxy) is 2. The van der Waals surface area contributed by atoms with Gasteiger partial charge in [-0.1, -0.05) is 5.16 Å². The van der Waals surface area contributed by atoms with Gasteiger partial charge in [-0.05, 0) is 30.7 Å². The first-order chi connectivity index (χ1) is 10.7. The second-order valence-electron chi connectivity index (χ2n) is 4.74. The van der Waals surface area contributed by atoms with E-state index in [9.17, 15) is 0 Å². The van der Waals surface area contributed by atoms with Crippen molar-refractivity contribution in [2.24, 2.45) is 0 Å². The minimum atomic E-state index is 0.652. The molecular formula is C16H15N3O3. The average Bonchev–Trinajstić information content (AvgIpc) is 3.04. The molecular weight excluding hydrogens is 282 g/mol. The molecule has 6 nitrogen and oxygen atoms in total. The number of rotatable bonds is 4. The molecule has 0 N–H and O–H groups in total. The molecule has 3 rings (SSSR count). The van der Waals surface area contributed by atoms with Crippen LogP contribution in [0.15, 0.2) is 41.4 Å². The van der Waals surface area contributed by atoms with Crippen LogP contribution in [0.5, 0.6) is 11.5 Å². The van der Waals surface area contributed by atoms with Crippen LogP contribution in [-0.2, 0) is 0 Å². The van der Waals surface area contributed by atoms with E-state index < -0.39 is 0 Å². The summed E-state index contributed by atoms with van der Waals surface area (Å²) in [6.45, 7) is 1.96. The molecule has 0 unspecified atom stereocenters. The maximum atomic E-state index is 5.40. The highest BCUT2D eigenvalue weighted by Gasteiger charge is 2.16. The van der Waals surface area contributed by atoms with E-state index in [1.165, 1.54) is 0 Å². The second-order valence-corrected chi connectivity index (χ2v) is 4.74. The topological polar surface area (TPSA) is 70.3 Å². The summed E-state index contributed by atoms with van der Waals surface area (Å²) in [7, 11) is 3.23. The minimum Gasteiger partial charge on any atom is -0.493 e. The number of benzene rings is 1. The fraction of sp³-hybridized carbons (Fsp3) is 0.188. The summed E-state index contributed by atoms with van der Waals surface area (Å²) in [5, 5.41) is 11.8. The van der Waals surface area contributed by atoms with Gasteiger partial charge in [0.15, 0.2) is 11.5 Å². The van der Waals surface area contributed by atoms with Gasteiger partial charge in [0.05, 0.1) is 32.2 Å². The predicted octanol–water partition coefficient (Wildman–Crippen LogP) is 3.12. The Morgan fingerprint density at radius 2 is 1.91 bits per heavy atom. The van der Waals surface area contributed by atoms with Gasteiger partial charge in [0, 0.05) is 11.1 Å². The lowest BCUT2D eigenvalue weighted by Gasteiger charge is -2.12. The summed E-state index contributed by atoms with van der Waals surface area (Å²) in [6, 6.07) is 5.72. The number of methoxy groups -OCH3 is 2. The Balaban J connectivity index is 2.14. The Morgan fingerprint density at radius 3 is 2.59 bits per heavy atom. The van der Waals surface area contributed by atoms with Crippen molar-refractivity contribution in [3.63, 3.8) is 0 Å². The Hall–Kier alpha value is -2.89. The minimum absolute atomic E-state index is 0.652. The van der Waals surface area contributed by atoms with Crippen molar-refractivity contribution in [3.05, 3.63) is 42.4 Å². The molecule has 0 aliphatic heterocycles. The van der Waals surface area contributed by atoms with Gasteiger partial charge in [-0.3, -0.25) is 0 Å². The van der Waals surface area contributed by atoms with Crippen molar-refractivity contribution >= 4 is 0 Å². The van der Waals surface area contributed by atoms with Crippen LogP contribution in [0, 0.1) is 6.92 Å². The van der Waals surface area contributed by atoms with E-state index in [1.54, 1.807) is 32.9 Å². The summed E-state index contributed by atoms with van der Waals surface area (Å²) in [6.07, 6.45) is 4.90. The highest BCUT2D eigenvalue weighted by Crippen LogP contribution is 2.38. The monoisotopic (exact) mass is 297 g/mol. The molecule has 0 aliphatic rings. The molecule has 0 amide bonds. The Labute approximate surface area is 127 Å². The Kier molecular flexibility index (Phi) is 3.74. The van der Waals surface area contributed by atoms with Crippen LogP contribution in [0.1, 0.15) is 5.56 Å². The predicted molar refractivity (Wildman–Crippen MR) is 80.8 cm³/mol. The van der Waals surface area contributed by atoms with E-state index >= 15 is 0 Å². The summed E-state index contributed by atoms with van der Waals surface area (Å²) in [5.74, 6) is 1.36. The molecule has 0 atom stereocenters. The third-order valence-electron chi connectivity index (χ3n) is 3.40. The van der Waals surface area contributed by atoms with Crippen LogP contribution < -0.4 is 9.47 Å². The zero-order chi connectivity index (χ0) is 15.5. The molecule has 0 bridgehead atoms. The lowest BCUT2D eigenvalue weighted by Crippen LogP contribution is -1.95. The molecule has 0 spiro atoms. The van der Waals surface area contributed by atoms with Gasteiger partial charge in [-0.15, -0.1) is 0 Å². The van der Waals surface area contributed by atoms with Gasteiger partial charge in [-0.25, -0.2) is 0 Å². The van der Waals surface area contributed by atoms with E-state index in [1.807, 2.05) is 25.1 Å². The second kappa shape index (κ2) is 5.85. The average molecular weight is 297 g/mol. The third kappa shape index (κ3) is 2.39. The molecule has 0 aliphatic carbocycles. The summed E-state index contributed by atoms with van der Waals surface area (Å²) < 4.78 is 15.9. The summed E-state index contributed by atoms with van der Waals surface area (Å²) in [4.78, 5) is 0. The van der Waals surface area contributed by atoms with Crippen molar-refractivity contribution in [2.45, 2.75) is 6.92 Å². The van der Waals surface area contributed by atoms with Crippen LogP contribution in [0.25, 0.3) is 22.4 Å². The summed E-state index contributed by atoms with van der Waals surface area (Å²) in [5.41, 5.74) is 4.30. The van der Waals surface area contributed by atoms with Gasteiger partial charge in [0.2, 0.25) is 0 Å². The lowest BCUT2D eigenvalue weighted by atomic mass is 10.0. The standard InChI is InChI=1S/C16H15N3O3/c1-10-6-12(7-14(20-2)16(10)21-3)15-13(9-22-19-15)11-4-5-17-18-8-11/h4-9H,1-3H3. The van der Waals surface area contributed by atoms with Crippen LogP contribution in [0.3, 0.4) is 0 Å². The maximum absolute atomic E-state index is 5.40. The number of hydrogen-bond donors (Lipinski definition) is 0. The fourth-order valence-electron chi connectivity index (χ4n) is 2.39. The van der Waals surface area contributed by atoms with Crippen LogP contribution >= 0.6 is 0 Å². The molecule has 0 saturated carbocycles. The molecule has 0 fully saturated rings. The smallest absolute Gasteiger partial charge is 0.163 e. The number of aryl methyl sites for hydroxylation is 1. The largest absolute Gasteiger partial charge is 0.493 e. The van der Waals surface area contributed by atoms with Crippen LogP contribution in [0.4, 0.5) is 0 Å². The maximum Gasteiger partial charge on any atom is 0.163 e. The molecule has 3 aromatic rings. The van der Waals surface area contributed by atoms with Gasteiger partial charge in [0.25, 0.3) is 0 Å². The first-order valence-electron chi connectivity index (χ1n) is 6.69. The first-order valence-corrected chi connectivity index (χ1v) is 6.69. The molecule has 112 valence electrons. The molecule has 2 aromatic heterocycles. The first kappa shape index (κ1) is 14.1. The van der Waals surface area contributed by atoms with Gasteiger partial charge < -0.3 is 14.0 Å². The van der Waals surface area contributed by atoms with Crippen molar-refractivity contribution < 1.29 is 14.0 Å². The fourth-order valence-corrected chi connectivity index (χ4v) is 2.39. The number of aromatic nitrogens is 3. The number of hydrogen-bond acceptors (Lipinski definition) is 6. The van der Waals surface area contributed by atoms with Crippen molar-refractivity contribution in [2.75, 3.05) is 14.2 Å². The summed E-state index contributed by atoms with van der Waals surface area (Å²) >= 11 is 0. The highest BCUT2D eigenvalue weighted by molar-refractivity contribution is 5.80. The van der Waals surface area contributed by atoms with Gasteiger partial charge >= 0.3 is 0 Å². The van der Waals surface area contributed by atoms with Gasteiger partial charge in [0.1, 0.15) is 12.0 Å². The van der Waals surface area contributed by atoms with Crippen molar-refractivity contribution in [1.29, 1.82) is 0 Å². The molecule has 2 heterocycles. The molecule has 1 aromatic carbocycles. The van der Waals surface area contributed by atoms with Gasteiger partial charge in [-0.2, -0.15) is 10.2 Å². The SMILES string of the molecule is COc1cc(-c2nocc2-c2ccnnc2)cc(C)c1OC. The van der Waals surface area contributed by atoms with E-state index in [-0.39, 0.29) is 0 Å². The van der Waals surface area contributed by atoms with Crippen LogP contribution in [0.2, 0.25) is 0 Å². The quantitative estimate of drug-likeness (QED) is 0.737. The van der Waals surface area contributed by atoms with Crippen molar-refractivity contribution in [3.8, 4) is 33.9 Å². The van der Waals surface area contributed by atoms with E-state index in [4.69, 9.17) is 14.0 Å². The Morgan fingerprint density at radius 1 is 1.05 bits per heavy atom. The van der Waals surface area contributed by atoms with E-state index in [0.717, 1.165) is 27.9 Å². The van der Waals surface area contributed by atoms with Crippen LogP contribution in [-0.4, -0.2) is 29.6 Å². The zero-order valence-corrected chi connectivity index (χ0v) is 12.5. The molecule has 6 heteroatoms. The van der Waals surface area contributed by atoms with Crippen molar-refractivity contribution in [1.82, 2.24) is 15.4 Å². The normalized spacial score (nSPS) is 10.5. The molecule has 22 heavy (non-hydrogen) atoms. The molecule has 0 saturated heterocycles. The third-order valence-corrected chi connectivity index (χ3v) is 3.40. The lowest BCUT2D eigenvalue weighted by molar-refractivity contribution is 0.353. The molecule has 0 radical (unpaired) electrons. The number of nitrogens with zero attached hydrogens (tertiary/aromatic N) is 3.